The summed E-state index contributed by atoms with van der Waals surface area (Å²) in [5, 5.41) is 3.10. The number of nitrogens with one attached hydrogen (secondary N) is 1. The Hall–Kier alpha value is -1.19. The van der Waals surface area contributed by atoms with Crippen molar-refractivity contribution in [2.45, 2.75) is 12.8 Å². The van der Waals surface area contributed by atoms with Crippen LogP contribution in [0.2, 0.25) is 0 Å². The summed E-state index contributed by atoms with van der Waals surface area (Å²) in [6, 6.07) is -0.833. The first-order valence-corrected chi connectivity index (χ1v) is 3.17. The normalized spacial score (nSPS) is 14.4. The van der Waals surface area contributed by atoms with Gasteiger partial charge in [0, 0.05) is 6.54 Å². The number of primary amides is 2. The molecule has 10 heavy (non-hydrogen) atoms. The number of allylic oxidation sites excluding steroid dienone is 1. The van der Waals surface area contributed by atoms with Crippen molar-refractivity contribution in [3.63, 3.8) is 0 Å². The number of rotatable bonds is 0. The molecule has 1 heterocycles. The van der Waals surface area contributed by atoms with Crippen molar-refractivity contribution in [1.29, 1.82) is 0 Å². The minimum absolute atomic E-state index is 0.833. The second-order valence-corrected chi connectivity index (χ2v) is 1.90. The van der Waals surface area contributed by atoms with Crippen molar-refractivity contribution >= 4 is 6.03 Å². The average Bonchev–Trinajstić information content (AvgIpc) is 1.90. The molecule has 4 nitrogen and oxygen atoms in total. The van der Waals surface area contributed by atoms with E-state index < -0.39 is 6.03 Å². The standard InChI is InChI=1S/C5H9N.CH4N2O/c1-2-4-6-5-3-1;2-1(3)4/h2,4,6H,1,3,5H2;(H4,2,3,4). The van der Waals surface area contributed by atoms with Crippen molar-refractivity contribution < 1.29 is 4.79 Å². The molecule has 0 aliphatic carbocycles. The summed E-state index contributed by atoms with van der Waals surface area (Å²) in [4.78, 5) is 9.00. The van der Waals surface area contributed by atoms with Gasteiger partial charge in [-0.15, -0.1) is 0 Å². The van der Waals surface area contributed by atoms with Crippen LogP contribution >= 0.6 is 0 Å². The van der Waals surface area contributed by atoms with Crippen molar-refractivity contribution in [3.8, 4) is 0 Å². The van der Waals surface area contributed by atoms with Crippen molar-refractivity contribution in [2.24, 2.45) is 11.5 Å². The van der Waals surface area contributed by atoms with Crippen LogP contribution < -0.4 is 16.8 Å². The van der Waals surface area contributed by atoms with Crippen LogP contribution in [0.25, 0.3) is 0 Å². The second kappa shape index (κ2) is 5.94. The molecular formula is C6H13N3O. The number of urea groups is 1. The summed E-state index contributed by atoms with van der Waals surface area (Å²) in [5.41, 5.74) is 8.50. The number of hydrogen-bond donors (Lipinski definition) is 3. The molecule has 58 valence electrons. The first kappa shape index (κ1) is 8.81. The maximum absolute atomic E-state index is 9.00. The van der Waals surface area contributed by atoms with Crippen molar-refractivity contribution in [2.75, 3.05) is 6.54 Å². The van der Waals surface area contributed by atoms with E-state index in [9.17, 15) is 0 Å². The largest absolute Gasteiger partial charge is 0.391 e. The molecule has 0 aromatic rings. The smallest absolute Gasteiger partial charge is 0.309 e. The van der Waals surface area contributed by atoms with E-state index in [0.29, 0.717) is 0 Å². The molecule has 0 unspecified atom stereocenters. The van der Waals surface area contributed by atoms with Crippen LogP contribution in [0.4, 0.5) is 4.79 Å². The summed E-state index contributed by atoms with van der Waals surface area (Å²) in [5.74, 6) is 0. The van der Waals surface area contributed by atoms with Gasteiger partial charge in [-0.25, -0.2) is 4.79 Å². The van der Waals surface area contributed by atoms with Crippen LogP contribution in [0.15, 0.2) is 12.3 Å². The third-order valence-electron chi connectivity index (χ3n) is 0.928. The Kier molecular flexibility index (Phi) is 5.23. The fourth-order valence-electron chi connectivity index (χ4n) is 0.572. The number of nitrogens with two attached hydrogens (primary N) is 2. The molecule has 1 aliphatic heterocycles. The van der Waals surface area contributed by atoms with Crippen LogP contribution in [0.1, 0.15) is 12.8 Å². The molecule has 0 bridgehead atoms. The molecule has 0 saturated heterocycles. The molecular weight excluding hydrogens is 130 g/mol. The lowest BCUT2D eigenvalue weighted by Crippen LogP contribution is -2.18. The van der Waals surface area contributed by atoms with Gasteiger partial charge in [0.2, 0.25) is 0 Å². The molecule has 1 rings (SSSR count). The van der Waals surface area contributed by atoms with Crippen molar-refractivity contribution in [1.82, 2.24) is 5.32 Å². The van der Waals surface area contributed by atoms with Crippen LogP contribution in [0.3, 0.4) is 0 Å². The van der Waals surface area contributed by atoms with Gasteiger partial charge in [0.1, 0.15) is 0 Å². The minimum Gasteiger partial charge on any atom is -0.391 e. The van der Waals surface area contributed by atoms with Gasteiger partial charge in [-0.2, -0.15) is 0 Å². The second-order valence-electron chi connectivity index (χ2n) is 1.90. The Balaban J connectivity index is 0.000000180. The Bertz CT molecular complexity index is 110. The molecule has 2 amide bonds. The van der Waals surface area contributed by atoms with E-state index in [1.165, 1.54) is 12.8 Å². The lowest BCUT2D eigenvalue weighted by Gasteiger charge is -2.02. The van der Waals surface area contributed by atoms with E-state index in [0.717, 1.165) is 6.54 Å². The summed E-state index contributed by atoms with van der Waals surface area (Å²) < 4.78 is 0. The molecule has 5 N–H and O–H groups in total. The van der Waals surface area contributed by atoms with E-state index in [2.05, 4.69) is 22.9 Å². The summed E-state index contributed by atoms with van der Waals surface area (Å²) in [7, 11) is 0. The zero-order valence-electron chi connectivity index (χ0n) is 5.84. The van der Waals surface area contributed by atoms with Gasteiger partial charge >= 0.3 is 6.03 Å². The molecule has 0 radical (unpaired) electrons. The third-order valence-corrected chi connectivity index (χ3v) is 0.928. The summed E-state index contributed by atoms with van der Waals surface area (Å²) in [6.07, 6.45) is 6.73. The molecule has 0 atom stereocenters. The number of carbonyl (C=O) groups is 1. The fraction of sp³-hybridized carbons (Fsp3) is 0.500. The van der Waals surface area contributed by atoms with Gasteiger partial charge in [0.15, 0.2) is 0 Å². The highest BCUT2D eigenvalue weighted by atomic mass is 16.2. The maximum Gasteiger partial charge on any atom is 0.309 e. The SMILES string of the molecule is C1=CNCCC1.NC(N)=O. The van der Waals surface area contributed by atoms with Gasteiger partial charge in [0.25, 0.3) is 0 Å². The predicted molar refractivity (Wildman–Crippen MR) is 40.1 cm³/mol. The lowest BCUT2D eigenvalue weighted by atomic mass is 10.2. The van der Waals surface area contributed by atoms with Gasteiger partial charge in [-0.05, 0) is 19.0 Å². The van der Waals surface area contributed by atoms with Crippen LogP contribution in [-0.4, -0.2) is 12.6 Å². The molecule has 0 aromatic heterocycles. The van der Waals surface area contributed by atoms with Crippen LogP contribution in [-0.2, 0) is 0 Å². The zero-order valence-corrected chi connectivity index (χ0v) is 5.84. The Morgan fingerprint density at radius 2 is 2.10 bits per heavy atom. The summed E-state index contributed by atoms with van der Waals surface area (Å²) >= 11 is 0. The zero-order chi connectivity index (χ0) is 7.82. The molecule has 4 heteroatoms. The van der Waals surface area contributed by atoms with Crippen molar-refractivity contribution in [3.05, 3.63) is 12.3 Å². The Morgan fingerprint density at radius 3 is 2.20 bits per heavy atom. The van der Waals surface area contributed by atoms with Gasteiger partial charge in [0.05, 0.1) is 0 Å². The average molecular weight is 143 g/mol. The summed E-state index contributed by atoms with van der Waals surface area (Å²) in [6.45, 7) is 1.16. The van der Waals surface area contributed by atoms with E-state index in [-0.39, 0.29) is 0 Å². The molecule has 0 fully saturated rings. The van der Waals surface area contributed by atoms with E-state index in [1.54, 1.807) is 0 Å². The van der Waals surface area contributed by atoms with Crippen LogP contribution in [0.5, 0.6) is 0 Å². The highest BCUT2D eigenvalue weighted by Gasteiger charge is 1.84. The highest BCUT2D eigenvalue weighted by molar-refractivity contribution is 5.69. The van der Waals surface area contributed by atoms with E-state index >= 15 is 0 Å². The first-order chi connectivity index (χ1) is 4.73. The van der Waals surface area contributed by atoms with Gasteiger partial charge < -0.3 is 16.8 Å². The van der Waals surface area contributed by atoms with Gasteiger partial charge in [-0.1, -0.05) is 6.08 Å². The lowest BCUT2D eigenvalue weighted by molar-refractivity contribution is 0.256. The third kappa shape index (κ3) is 9.94. The molecule has 0 saturated carbocycles. The monoisotopic (exact) mass is 143 g/mol. The first-order valence-electron chi connectivity index (χ1n) is 3.17. The number of carbonyl (C=O) groups excluding carboxylic acids is 1. The quantitative estimate of drug-likeness (QED) is 0.443. The Labute approximate surface area is 60.3 Å². The highest BCUT2D eigenvalue weighted by Crippen LogP contribution is 1.91. The number of amides is 2. The van der Waals surface area contributed by atoms with Gasteiger partial charge in [-0.3, -0.25) is 0 Å². The molecule has 1 aliphatic rings. The number of hydrogen-bond acceptors (Lipinski definition) is 2. The predicted octanol–water partition coefficient (Wildman–Crippen LogP) is -0.0927. The topological polar surface area (TPSA) is 81.1 Å². The van der Waals surface area contributed by atoms with E-state index in [4.69, 9.17) is 4.79 Å². The maximum atomic E-state index is 9.00. The molecule has 0 aromatic carbocycles. The molecule has 0 spiro atoms. The van der Waals surface area contributed by atoms with Crippen LogP contribution in [0, 0.1) is 0 Å². The van der Waals surface area contributed by atoms with E-state index in [1.807, 2.05) is 6.20 Å². The fourth-order valence-corrected chi connectivity index (χ4v) is 0.572. The Morgan fingerprint density at radius 1 is 1.50 bits per heavy atom. The minimum atomic E-state index is -0.833.